The molecule has 172 valence electrons. The molecule has 0 bridgehead atoms. The summed E-state index contributed by atoms with van der Waals surface area (Å²) in [6.45, 7) is 0. The maximum absolute atomic E-state index is 13.5. The van der Waals surface area contributed by atoms with Gasteiger partial charge in [-0.2, -0.15) is 0 Å². The molecular weight excluding hydrogens is 466 g/mol. The highest BCUT2D eigenvalue weighted by Crippen LogP contribution is 2.45. The van der Waals surface area contributed by atoms with Gasteiger partial charge in [0, 0.05) is 28.1 Å². The van der Waals surface area contributed by atoms with Crippen LogP contribution in [-0.4, -0.2) is 22.3 Å². The van der Waals surface area contributed by atoms with Gasteiger partial charge in [0.15, 0.2) is 5.75 Å². The molecule has 3 N–H and O–H groups in total. The number of thioether (sulfide) groups is 1. The number of nitrogens with zero attached hydrogens (tertiary/aromatic N) is 1. The first-order valence-electron chi connectivity index (χ1n) is 11.3. The van der Waals surface area contributed by atoms with Crippen LogP contribution < -0.4 is 21.3 Å². The van der Waals surface area contributed by atoms with Crippen LogP contribution in [0.2, 0.25) is 0 Å². The smallest absolute Gasteiger partial charge is 0.275 e. The van der Waals surface area contributed by atoms with Gasteiger partial charge >= 0.3 is 0 Å². The Labute approximate surface area is 204 Å². The van der Waals surface area contributed by atoms with Crippen LogP contribution >= 0.6 is 23.1 Å². The van der Waals surface area contributed by atoms with Crippen molar-refractivity contribution in [2.24, 2.45) is 0 Å². The quantitative estimate of drug-likeness (QED) is 0.395. The van der Waals surface area contributed by atoms with Crippen LogP contribution in [0.5, 0.6) is 5.75 Å². The molecule has 8 heteroatoms. The first-order valence-corrected chi connectivity index (χ1v) is 13.1. The van der Waals surface area contributed by atoms with Crippen molar-refractivity contribution < 1.29 is 9.53 Å². The second-order valence-corrected chi connectivity index (χ2v) is 10.6. The van der Waals surface area contributed by atoms with E-state index in [1.54, 1.807) is 11.3 Å². The number of pyridine rings is 1. The minimum Gasteiger partial charge on any atom is -0.487 e. The molecule has 3 heterocycles. The number of carbonyl (C=O) groups excluding carboxylic acids is 1. The summed E-state index contributed by atoms with van der Waals surface area (Å²) in [5.74, 6) is 0.891. The van der Waals surface area contributed by atoms with Crippen molar-refractivity contribution in [3.8, 4) is 5.75 Å². The number of fused-ring (bicyclic) bond motifs is 2. The normalized spacial score (nSPS) is 17.0. The van der Waals surface area contributed by atoms with Crippen molar-refractivity contribution in [3.05, 3.63) is 81.5 Å². The number of para-hydroxylation sites is 1. The third-order valence-electron chi connectivity index (χ3n) is 6.23. The average Bonchev–Trinajstić information content (AvgIpc) is 3.41. The van der Waals surface area contributed by atoms with Gasteiger partial charge < -0.3 is 15.8 Å². The number of aromatic nitrogens is 1. The number of amides is 1. The van der Waals surface area contributed by atoms with Crippen molar-refractivity contribution in [2.45, 2.75) is 36.4 Å². The molecule has 2 aromatic carbocycles. The Hall–Kier alpha value is -3.23. The Kier molecular flexibility index (Phi) is 5.34. The molecule has 6 rings (SSSR count). The van der Waals surface area contributed by atoms with Crippen LogP contribution in [0, 0.1) is 0 Å². The van der Waals surface area contributed by atoms with E-state index in [1.807, 2.05) is 42.5 Å². The van der Waals surface area contributed by atoms with Crippen LogP contribution in [0.15, 0.2) is 69.8 Å². The predicted molar refractivity (Wildman–Crippen MR) is 138 cm³/mol. The Morgan fingerprint density at radius 2 is 1.88 bits per heavy atom. The Morgan fingerprint density at radius 1 is 1.12 bits per heavy atom. The van der Waals surface area contributed by atoms with E-state index in [1.165, 1.54) is 21.0 Å². The number of hydrogen-bond donors (Lipinski definition) is 2. The zero-order valence-electron chi connectivity index (χ0n) is 18.3. The van der Waals surface area contributed by atoms with E-state index in [4.69, 9.17) is 10.5 Å². The molecule has 1 fully saturated rings. The fourth-order valence-corrected chi connectivity index (χ4v) is 6.54. The number of nitrogen functional groups attached to an aromatic ring is 1. The number of ether oxygens (including phenoxy) is 1. The number of benzene rings is 2. The van der Waals surface area contributed by atoms with Gasteiger partial charge in [-0.05, 0) is 47.4 Å². The van der Waals surface area contributed by atoms with E-state index < -0.39 is 6.04 Å². The number of rotatable bonds is 6. The predicted octanol–water partition coefficient (Wildman–Crippen LogP) is 5.06. The van der Waals surface area contributed by atoms with Gasteiger partial charge in [-0.25, -0.2) is 0 Å². The molecule has 1 aliphatic heterocycles. The van der Waals surface area contributed by atoms with Crippen LogP contribution in [0.4, 0.5) is 11.4 Å². The molecule has 0 saturated heterocycles. The largest absolute Gasteiger partial charge is 0.487 e. The third-order valence-corrected chi connectivity index (χ3v) is 8.38. The summed E-state index contributed by atoms with van der Waals surface area (Å²) in [4.78, 5) is 26.6. The zero-order chi connectivity index (χ0) is 23.2. The van der Waals surface area contributed by atoms with Crippen molar-refractivity contribution in [3.63, 3.8) is 0 Å². The Balaban J connectivity index is 1.41. The van der Waals surface area contributed by atoms with Crippen molar-refractivity contribution >= 4 is 50.5 Å². The van der Waals surface area contributed by atoms with E-state index in [-0.39, 0.29) is 23.3 Å². The number of thiophene rings is 1. The molecule has 6 nitrogen and oxygen atoms in total. The number of anilines is 2. The molecule has 0 radical (unpaired) electrons. The fourth-order valence-electron chi connectivity index (χ4n) is 4.31. The third kappa shape index (κ3) is 3.76. The Morgan fingerprint density at radius 3 is 2.68 bits per heavy atom. The first-order chi connectivity index (χ1) is 16.6. The lowest BCUT2D eigenvalue weighted by Crippen LogP contribution is -2.34. The average molecular weight is 490 g/mol. The summed E-state index contributed by atoms with van der Waals surface area (Å²) in [6, 6.07) is 16.9. The molecule has 1 atom stereocenters. The molecule has 34 heavy (non-hydrogen) atoms. The van der Waals surface area contributed by atoms with Gasteiger partial charge in [-0.3, -0.25) is 14.2 Å². The van der Waals surface area contributed by atoms with E-state index in [2.05, 4.69) is 22.8 Å². The van der Waals surface area contributed by atoms with E-state index in [9.17, 15) is 9.59 Å². The van der Waals surface area contributed by atoms with Gasteiger partial charge in [0.25, 0.3) is 5.56 Å². The lowest BCUT2D eigenvalue weighted by molar-refractivity contribution is -0.118. The lowest BCUT2D eigenvalue weighted by Gasteiger charge is -2.20. The van der Waals surface area contributed by atoms with Crippen LogP contribution in [0.25, 0.3) is 10.1 Å². The topological polar surface area (TPSA) is 86.3 Å². The number of nitrogens with two attached hydrogens (primary N) is 1. The van der Waals surface area contributed by atoms with E-state index in [0.29, 0.717) is 28.6 Å². The molecule has 0 unspecified atom stereocenters. The van der Waals surface area contributed by atoms with E-state index >= 15 is 0 Å². The second kappa shape index (κ2) is 8.52. The first kappa shape index (κ1) is 21.3. The minimum atomic E-state index is -0.646. The van der Waals surface area contributed by atoms with Gasteiger partial charge in [0.05, 0.1) is 6.10 Å². The fraction of sp³-hybridized carbons (Fsp3) is 0.231. The summed E-state index contributed by atoms with van der Waals surface area (Å²) in [6.07, 6.45) is 2.63. The maximum Gasteiger partial charge on any atom is 0.275 e. The van der Waals surface area contributed by atoms with Crippen molar-refractivity contribution in [1.29, 1.82) is 0 Å². The van der Waals surface area contributed by atoms with Crippen molar-refractivity contribution in [2.75, 3.05) is 16.8 Å². The summed E-state index contributed by atoms with van der Waals surface area (Å²) in [5.41, 5.74) is 8.86. The second-order valence-electron chi connectivity index (χ2n) is 8.63. The highest BCUT2D eigenvalue weighted by molar-refractivity contribution is 7.99. The summed E-state index contributed by atoms with van der Waals surface area (Å²) in [7, 11) is 0. The maximum atomic E-state index is 13.5. The molecular formula is C26H23N3O3S2. The van der Waals surface area contributed by atoms with Gasteiger partial charge in [-0.1, -0.05) is 36.4 Å². The van der Waals surface area contributed by atoms with Gasteiger partial charge in [0.1, 0.15) is 16.8 Å². The standard InChI is InChI=1S/C26H23N3O3S2/c27-22-19(12-15-13-33-21-9-5-4-8-18(15)21)23(32-17-10-11-17)26-29(25(22)31)20(14-34-26)24(30)28-16-6-2-1-3-7-16/h1-9,13,17,20H,10-12,14,27H2,(H,28,30)/t20-/m0/s1. The monoisotopic (exact) mass is 489 g/mol. The van der Waals surface area contributed by atoms with Crippen LogP contribution in [0.3, 0.4) is 0 Å². The SMILES string of the molecule is Nc1c(Cc2csc3ccccc23)c(OC2CC2)c2n(c1=O)[C@H](C(=O)Nc1ccccc1)CS2. The summed E-state index contributed by atoms with van der Waals surface area (Å²) < 4.78 is 9.09. The number of nitrogens with one attached hydrogen (secondary N) is 1. The molecule has 2 aliphatic rings. The molecule has 1 amide bonds. The van der Waals surface area contributed by atoms with Crippen LogP contribution in [-0.2, 0) is 11.2 Å². The summed E-state index contributed by atoms with van der Waals surface area (Å²) in [5, 5.41) is 6.91. The number of carbonyl (C=O) groups is 1. The molecule has 0 spiro atoms. The zero-order valence-corrected chi connectivity index (χ0v) is 20.0. The summed E-state index contributed by atoms with van der Waals surface area (Å²) >= 11 is 3.17. The van der Waals surface area contributed by atoms with Crippen LogP contribution in [0.1, 0.15) is 30.0 Å². The highest BCUT2D eigenvalue weighted by atomic mass is 32.2. The molecule has 4 aromatic rings. The van der Waals surface area contributed by atoms with Gasteiger partial charge in [-0.15, -0.1) is 23.1 Å². The molecule has 1 saturated carbocycles. The number of hydrogen-bond acceptors (Lipinski definition) is 6. The Bertz CT molecular complexity index is 1460. The molecule has 1 aliphatic carbocycles. The minimum absolute atomic E-state index is 0.136. The van der Waals surface area contributed by atoms with E-state index in [0.717, 1.165) is 29.4 Å². The van der Waals surface area contributed by atoms with Gasteiger partial charge in [0.2, 0.25) is 5.91 Å². The highest BCUT2D eigenvalue weighted by Gasteiger charge is 2.37. The van der Waals surface area contributed by atoms with Crippen molar-refractivity contribution in [1.82, 2.24) is 4.57 Å². The lowest BCUT2D eigenvalue weighted by atomic mass is 10.0. The molecule has 2 aromatic heterocycles.